The van der Waals surface area contributed by atoms with Crippen LogP contribution >= 0.6 is 22.6 Å². The van der Waals surface area contributed by atoms with Gasteiger partial charge in [0.15, 0.2) is 0 Å². The Labute approximate surface area is 165 Å². The molecule has 0 saturated carbocycles. The van der Waals surface area contributed by atoms with Gasteiger partial charge in [0.25, 0.3) is 5.91 Å². The molecule has 0 atom stereocenters. The summed E-state index contributed by atoms with van der Waals surface area (Å²) in [5, 5.41) is 7.23. The predicted molar refractivity (Wildman–Crippen MR) is 108 cm³/mol. The van der Waals surface area contributed by atoms with Crippen molar-refractivity contribution in [2.24, 2.45) is 0 Å². The minimum Gasteiger partial charge on any atom is -0.342 e. The summed E-state index contributed by atoms with van der Waals surface area (Å²) >= 11 is 2.20. The molecule has 0 saturated heterocycles. The van der Waals surface area contributed by atoms with Gasteiger partial charge in [0.2, 0.25) is 0 Å². The maximum absolute atomic E-state index is 13.3. The van der Waals surface area contributed by atoms with Crippen molar-refractivity contribution >= 4 is 28.5 Å². The molecule has 26 heavy (non-hydrogen) atoms. The summed E-state index contributed by atoms with van der Waals surface area (Å²) in [5.74, 6) is -0.253. The molecule has 0 unspecified atom stereocenters. The van der Waals surface area contributed by atoms with Crippen LogP contribution in [-0.4, -0.2) is 34.6 Å². The van der Waals surface area contributed by atoms with E-state index in [1.165, 1.54) is 12.1 Å². The summed E-state index contributed by atoms with van der Waals surface area (Å²) in [4.78, 5) is 14.2. The van der Waals surface area contributed by atoms with E-state index in [4.69, 9.17) is 0 Å². The quantitative estimate of drug-likeness (QED) is 0.547. The summed E-state index contributed by atoms with van der Waals surface area (Å²) < 4.78 is 14.4. The van der Waals surface area contributed by atoms with Crippen LogP contribution in [0.1, 0.15) is 22.5 Å². The zero-order valence-electron chi connectivity index (χ0n) is 14.4. The number of aromatic nitrogens is 2. The van der Waals surface area contributed by atoms with Crippen LogP contribution in [0.15, 0.2) is 54.6 Å². The van der Waals surface area contributed by atoms with E-state index in [0.717, 1.165) is 33.4 Å². The topological polar surface area (TPSA) is 49.0 Å². The number of benzene rings is 2. The number of nitrogens with one attached hydrogen (secondary N) is 1. The highest BCUT2D eigenvalue weighted by molar-refractivity contribution is 14.1. The molecule has 0 aliphatic rings. The van der Waals surface area contributed by atoms with Gasteiger partial charge in [0, 0.05) is 34.0 Å². The zero-order valence-corrected chi connectivity index (χ0v) is 16.5. The van der Waals surface area contributed by atoms with E-state index in [1.807, 2.05) is 43.4 Å². The molecule has 3 rings (SSSR count). The molecule has 134 valence electrons. The van der Waals surface area contributed by atoms with Gasteiger partial charge < -0.3 is 4.90 Å². The van der Waals surface area contributed by atoms with Crippen molar-refractivity contribution in [1.29, 1.82) is 0 Å². The number of aryl methyl sites for hydroxylation is 1. The zero-order chi connectivity index (χ0) is 18.5. The third-order valence-corrected chi connectivity index (χ3v) is 4.78. The predicted octanol–water partition coefficient (Wildman–Crippen LogP) is 4.53. The first-order valence-electron chi connectivity index (χ1n) is 8.34. The van der Waals surface area contributed by atoms with Gasteiger partial charge in [-0.25, -0.2) is 4.39 Å². The number of carbonyl (C=O) groups excluding carboxylic acids is 1. The fourth-order valence-corrected chi connectivity index (χ4v) is 3.28. The Morgan fingerprint density at radius 2 is 2.00 bits per heavy atom. The number of hydrogen-bond acceptors (Lipinski definition) is 2. The summed E-state index contributed by atoms with van der Waals surface area (Å²) in [7, 11) is 1.81. The van der Waals surface area contributed by atoms with E-state index < -0.39 is 0 Å². The number of hydrogen-bond donors (Lipinski definition) is 1. The van der Waals surface area contributed by atoms with Crippen molar-refractivity contribution in [2.45, 2.75) is 12.8 Å². The number of H-pyrrole nitrogens is 1. The average molecular weight is 463 g/mol. The fourth-order valence-electron chi connectivity index (χ4n) is 2.74. The molecule has 1 heterocycles. The van der Waals surface area contributed by atoms with Crippen LogP contribution in [0.25, 0.3) is 11.3 Å². The SMILES string of the molecule is CN(CCCc1cc(-c2cccc(F)c2)n[nH]1)C(=O)c1cccc(I)c1. The molecule has 1 amide bonds. The lowest BCUT2D eigenvalue weighted by atomic mass is 10.1. The van der Waals surface area contributed by atoms with Crippen LogP contribution in [0, 0.1) is 9.39 Å². The van der Waals surface area contributed by atoms with Crippen molar-refractivity contribution in [1.82, 2.24) is 15.1 Å². The molecule has 0 bridgehead atoms. The summed E-state index contributed by atoms with van der Waals surface area (Å²) in [6, 6.07) is 15.9. The number of amides is 1. The number of carbonyl (C=O) groups is 1. The number of aromatic amines is 1. The first kappa shape index (κ1) is 18.6. The molecule has 4 nitrogen and oxygen atoms in total. The van der Waals surface area contributed by atoms with Gasteiger partial charge >= 0.3 is 0 Å². The Kier molecular flexibility index (Phi) is 6.03. The van der Waals surface area contributed by atoms with Crippen LogP contribution in [0.3, 0.4) is 0 Å². The number of rotatable bonds is 6. The Hall–Kier alpha value is -2.22. The van der Waals surface area contributed by atoms with Gasteiger partial charge in [-0.3, -0.25) is 9.89 Å². The molecule has 3 aromatic rings. The fraction of sp³-hybridized carbons (Fsp3) is 0.200. The van der Waals surface area contributed by atoms with Crippen LogP contribution < -0.4 is 0 Å². The van der Waals surface area contributed by atoms with E-state index >= 15 is 0 Å². The lowest BCUT2D eigenvalue weighted by molar-refractivity contribution is 0.0793. The molecule has 6 heteroatoms. The van der Waals surface area contributed by atoms with Crippen LogP contribution in [-0.2, 0) is 6.42 Å². The molecule has 2 aromatic carbocycles. The van der Waals surface area contributed by atoms with E-state index in [1.54, 1.807) is 11.0 Å². The van der Waals surface area contributed by atoms with E-state index in [9.17, 15) is 9.18 Å². The molecular weight excluding hydrogens is 444 g/mol. The van der Waals surface area contributed by atoms with Crippen molar-refractivity contribution in [3.05, 3.63) is 75.2 Å². The number of halogens is 2. The van der Waals surface area contributed by atoms with Crippen molar-refractivity contribution in [3.63, 3.8) is 0 Å². The lowest BCUT2D eigenvalue weighted by Crippen LogP contribution is -2.28. The van der Waals surface area contributed by atoms with Crippen molar-refractivity contribution < 1.29 is 9.18 Å². The molecule has 0 fully saturated rings. The minimum atomic E-state index is -0.275. The minimum absolute atomic E-state index is 0.0218. The second kappa shape index (κ2) is 8.44. The Morgan fingerprint density at radius 3 is 2.77 bits per heavy atom. The monoisotopic (exact) mass is 463 g/mol. The van der Waals surface area contributed by atoms with E-state index in [0.29, 0.717) is 12.1 Å². The molecular formula is C20H19FIN3O. The van der Waals surface area contributed by atoms with Gasteiger partial charge in [0.05, 0.1) is 5.69 Å². The largest absolute Gasteiger partial charge is 0.342 e. The van der Waals surface area contributed by atoms with Gasteiger partial charge in [-0.15, -0.1) is 0 Å². The highest BCUT2D eigenvalue weighted by Gasteiger charge is 2.12. The molecule has 0 radical (unpaired) electrons. The molecule has 0 aliphatic carbocycles. The Morgan fingerprint density at radius 1 is 1.19 bits per heavy atom. The third-order valence-electron chi connectivity index (χ3n) is 4.11. The second-order valence-electron chi connectivity index (χ2n) is 6.13. The Bertz CT molecular complexity index is 909. The second-order valence-corrected chi connectivity index (χ2v) is 7.38. The summed E-state index contributed by atoms with van der Waals surface area (Å²) in [6.45, 7) is 0.651. The first-order valence-corrected chi connectivity index (χ1v) is 9.42. The number of nitrogens with zero attached hydrogens (tertiary/aromatic N) is 2. The molecule has 0 spiro atoms. The van der Waals surface area contributed by atoms with Crippen LogP contribution in [0.4, 0.5) is 4.39 Å². The average Bonchev–Trinajstić information content (AvgIpc) is 3.10. The first-order chi connectivity index (χ1) is 12.5. The van der Waals surface area contributed by atoms with Gasteiger partial charge in [-0.2, -0.15) is 5.10 Å². The van der Waals surface area contributed by atoms with Crippen molar-refractivity contribution in [2.75, 3.05) is 13.6 Å². The third kappa shape index (κ3) is 4.69. The maximum atomic E-state index is 13.3. The molecule has 1 aromatic heterocycles. The van der Waals surface area contributed by atoms with E-state index in [-0.39, 0.29) is 11.7 Å². The van der Waals surface area contributed by atoms with Gasteiger partial charge in [-0.05, 0) is 71.8 Å². The normalized spacial score (nSPS) is 10.7. The molecule has 0 aliphatic heterocycles. The molecule has 1 N–H and O–H groups in total. The van der Waals surface area contributed by atoms with Gasteiger partial charge in [-0.1, -0.05) is 18.2 Å². The van der Waals surface area contributed by atoms with Gasteiger partial charge in [0.1, 0.15) is 5.82 Å². The van der Waals surface area contributed by atoms with Crippen molar-refractivity contribution in [3.8, 4) is 11.3 Å². The smallest absolute Gasteiger partial charge is 0.253 e. The lowest BCUT2D eigenvalue weighted by Gasteiger charge is -2.17. The van der Waals surface area contributed by atoms with Crippen LogP contribution in [0.5, 0.6) is 0 Å². The van der Waals surface area contributed by atoms with E-state index in [2.05, 4.69) is 32.8 Å². The Balaban J connectivity index is 1.54. The summed E-state index contributed by atoms with van der Waals surface area (Å²) in [5.41, 5.74) is 3.15. The maximum Gasteiger partial charge on any atom is 0.253 e. The highest BCUT2D eigenvalue weighted by atomic mass is 127. The standard InChI is InChI=1S/C20H19FIN3O/c1-25(20(26)15-6-3-8-17(22)12-15)10-4-9-18-13-19(24-23-18)14-5-2-7-16(21)11-14/h2-3,5-8,11-13H,4,9-10H2,1H3,(H,23,24). The highest BCUT2D eigenvalue weighted by Crippen LogP contribution is 2.19. The summed E-state index contributed by atoms with van der Waals surface area (Å²) in [6.07, 6.45) is 1.59. The van der Waals surface area contributed by atoms with Crippen LogP contribution in [0.2, 0.25) is 0 Å².